The number of carbonyl (C=O) groups excluding carboxylic acids is 2. The number of nitrogens with zero attached hydrogens (tertiary/aromatic N) is 5. The molecule has 2 aliphatic heterocycles. The molecule has 29 heavy (non-hydrogen) atoms. The molecule has 3 amide bonds. The van der Waals surface area contributed by atoms with Gasteiger partial charge in [-0.05, 0) is 50.3 Å². The standard InChI is InChI=1S/C21H23ClN5O2/c1-13-11-25-17-18(23-20(25)27(13)16-5-3-4-6-16)24(2)21(29)26(19(17)28)12-14-7-9-15(22)10-8-14/h7-11,16-17H,3-6,12H2,1-2H3/q+1. The van der Waals surface area contributed by atoms with Crippen LogP contribution >= 0.6 is 11.6 Å². The van der Waals surface area contributed by atoms with E-state index in [2.05, 4.69) is 11.5 Å². The summed E-state index contributed by atoms with van der Waals surface area (Å²) in [6.07, 6.45) is 6.69. The van der Waals surface area contributed by atoms with Crippen molar-refractivity contribution in [1.82, 2.24) is 14.4 Å². The molecule has 150 valence electrons. The van der Waals surface area contributed by atoms with Crippen LogP contribution in [0.4, 0.5) is 10.7 Å². The lowest BCUT2D eigenvalue weighted by molar-refractivity contribution is -0.677. The van der Waals surface area contributed by atoms with Gasteiger partial charge in [-0.2, -0.15) is 0 Å². The summed E-state index contributed by atoms with van der Waals surface area (Å²) < 4.78 is 4.18. The predicted octanol–water partition coefficient (Wildman–Crippen LogP) is 3.53. The smallest absolute Gasteiger partial charge is 0.270 e. The van der Waals surface area contributed by atoms with Gasteiger partial charge in [-0.25, -0.2) is 13.9 Å². The van der Waals surface area contributed by atoms with Crippen LogP contribution in [-0.4, -0.2) is 39.2 Å². The maximum atomic E-state index is 13.4. The van der Waals surface area contributed by atoms with E-state index >= 15 is 0 Å². The first-order chi connectivity index (χ1) is 14.0. The molecule has 8 heteroatoms. The van der Waals surface area contributed by atoms with Crippen LogP contribution in [0.2, 0.25) is 5.02 Å². The first-order valence-corrected chi connectivity index (χ1v) is 10.4. The maximum Gasteiger partial charge on any atom is 0.402 e. The fraction of sp³-hybridized carbons (Fsp3) is 0.429. The lowest BCUT2D eigenvalue weighted by Gasteiger charge is -2.33. The van der Waals surface area contributed by atoms with Crippen molar-refractivity contribution >= 4 is 35.3 Å². The molecule has 1 aliphatic carbocycles. The summed E-state index contributed by atoms with van der Waals surface area (Å²) >= 11 is 5.96. The largest absolute Gasteiger partial charge is 0.402 e. The van der Waals surface area contributed by atoms with Gasteiger partial charge >= 0.3 is 12.0 Å². The minimum atomic E-state index is -0.596. The lowest BCUT2D eigenvalue weighted by Crippen LogP contribution is -2.62. The van der Waals surface area contributed by atoms with Crippen molar-refractivity contribution in [3.05, 3.63) is 46.7 Å². The number of aliphatic imine (C=N–C) groups is 1. The number of fused-ring (bicyclic) bond motifs is 3. The molecular formula is C21H23ClN5O2+. The Morgan fingerprint density at radius 1 is 1.17 bits per heavy atom. The second-order valence-electron chi connectivity index (χ2n) is 8.05. The molecule has 0 N–H and O–H groups in total. The monoisotopic (exact) mass is 412 g/mol. The third-order valence-electron chi connectivity index (χ3n) is 6.19. The number of imide groups is 1. The average Bonchev–Trinajstić information content (AvgIpc) is 3.40. The summed E-state index contributed by atoms with van der Waals surface area (Å²) in [5.41, 5.74) is 1.96. The third kappa shape index (κ3) is 2.79. The van der Waals surface area contributed by atoms with Crippen molar-refractivity contribution in [2.24, 2.45) is 4.99 Å². The summed E-state index contributed by atoms with van der Waals surface area (Å²) in [5.74, 6) is 1.04. The Hall–Kier alpha value is -2.67. The summed E-state index contributed by atoms with van der Waals surface area (Å²) in [6, 6.07) is 6.66. The molecule has 1 aromatic heterocycles. The molecule has 1 saturated carbocycles. The Bertz CT molecular complexity index is 1040. The molecule has 0 spiro atoms. The van der Waals surface area contributed by atoms with Crippen molar-refractivity contribution in [2.45, 2.75) is 51.2 Å². The normalized spacial score (nSPS) is 21.6. The van der Waals surface area contributed by atoms with Crippen molar-refractivity contribution in [2.75, 3.05) is 7.05 Å². The van der Waals surface area contributed by atoms with E-state index in [1.165, 1.54) is 22.6 Å². The van der Waals surface area contributed by atoms with Gasteiger partial charge in [-0.3, -0.25) is 14.6 Å². The maximum absolute atomic E-state index is 13.4. The molecule has 0 bridgehead atoms. The molecule has 2 fully saturated rings. The second-order valence-corrected chi connectivity index (χ2v) is 8.49. The van der Waals surface area contributed by atoms with E-state index in [1.54, 1.807) is 19.2 Å². The Labute approximate surface area is 174 Å². The second kappa shape index (κ2) is 6.69. The van der Waals surface area contributed by atoms with Crippen LogP contribution in [0.5, 0.6) is 0 Å². The van der Waals surface area contributed by atoms with E-state index < -0.39 is 6.04 Å². The summed E-state index contributed by atoms with van der Waals surface area (Å²) in [4.78, 5) is 33.9. The molecule has 1 atom stereocenters. The van der Waals surface area contributed by atoms with Gasteiger partial charge in [0.25, 0.3) is 5.91 Å². The van der Waals surface area contributed by atoms with Crippen molar-refractivity contribution in [3.8, 4) is 0 Å². The SMILES string of the molecule is Cc1c[n+]2c(n1C1CCCC1)N=C1C2C(=O)N(Cc2ccc(Cl)cc2)C(=O)N1C. The van der Waals surface area contributed by atoms with Crippen molar-refractivity contribution in [1.29, 1.82) is 0 Å². The summed E-state index contributed by atoms with van der Waals surface area (Å²) in [5, 5.41) is 0.622. The van der Waals surface area contributed by atoms with Crippen LogP contribution in [0.15, 0.2) is 35.5 Å². The number of carbonyl (C=O) groups is 2. The first kappa shape index (κ1) is 18.4. The molecule has 5 rings (SSSR count). The molecule has 3 aliphatic rings. The Morgan fingerprint density at radius 2 is 1.86 bits per heavy atom. The number of benzene rings is 1. The van der Waals surface area contributed by atoms with E-state index in [1.807, 2.05) is 22.9 Å². The van der Waals surface area contributed by atoms with E-state index in [0.717, 1.165) is 30.0 Å². The van der Waals surface area contributed by atoms with E-state index in [-0.39, 0.29) is 18.5 Å². The van der Waals surface area contributed by atoms with Gasteiger partial charge < -0.3 is 0 Å². The van der Waals surface area contributed by atoms with E-state index in [0.29, 0.717) is 16.9 Å². The number of hydrogen-bond donors (Lipinski definition) is 0. The van der Waals surface area contributed by atoms with Crippen LogP contribution in [-0.2, 0) is 11.3 Å². The number of hydrogen-bond acceptors (Lipinski definition) is 3. The number of likely N-dealkylation sites (N-methyl/N-ethyl adjacent to an activating group) is 1. The van der Waals surface area contributed by atoms with Gasteiger partial charge in [0.2, 0.25) is 11.9 Å². The minimum Gasteiger partial charge on any atom is -0.270 e. The molecule has 1 saturated heterocycles. The number of urea groups is 1. The zero-order valence-corrected chi connectivity index (χ0v) is 17.3. The molecule has 0 radical (unpaired) electrons. The number of rotatable bonds is 3. The number of aromatic nitrogens is 2. The van der Waals surface area contributed by atoms with Gasteiger partial charge in [-0.1, -0.05) is 28.7 Å². The summed E-state index contributed by atoms with van der Waals surface area (Å²) in [6.45, 7) is 2.27. The molecule has 1 aromatic carbocycles. The quantitative estimate of drug-likeness (QED) is 0.724. The molecule has 1 unspecified atom stereocenters. The van der Waals surface area contributed by atoms with Gasteiger partial charge in [0.05, 0.1) is 12.6 Å². The minimum absolute atomic E-state index is 0.209. The number of amides is 3. The highest BCUT2D eigenvalue weighted by Crippen LogP contribution is 2.37. The van der Waals surface area contributed by atoms with Crippen molar-refractivity contribution < 1.29 is 14.2 Å². The van der Waals surface area contributed by atoms with Crippen LogP contribution in [0.3, 0.4) is 0 Å². The van der Waals surface area contributed by atoms with Gasteiger partial charge in [0, 0.05) is 12.1 Å². The molecule has 3 heterocycles. The fourth-order valence-electron chi connectivity index (χ4n) is 4.73. The number of halogens is 1. The highest BCUT2D eigenvalue weighted by molar-refractivity contribution is 6.30. The number of aryl methyl sites for hydroxylation is 1. The molecular weight excluding hydrogens is 390 g/mol. The van der Waals surface area contributed by atoms with Crippen LogP contribution < -0.4 is 4.57 Å². The van der Waals surface area contributed by atoms with E-state index in [9.17, 15) is 9.59 Å². The number of imidazole rings is 1. The van der Waals surface area contributed by atoms with E-state index in [4.69, 9.17) is 16.6 Å². The van der Waals surface area contributed by atoms with Gasteiger partial charge in [0.15, 0.2) is 0 Å². The highest BCUT2D eigenvalue weighted by Gasteiger charge is 2.53. The summed E-state index contributed by atoms with van der Waals surface area (Å²) in [7, 11) is 1.69. The van der Waals surface area contributed by atoms with Crippen molar-refractivity contribution in [3.63, 3.8) is 0 Å². The Morgan fingerprint density at radius 3 is 2.55 bits per heavy atom. The lowest BCUT2D eigenvalue weighted by atomic mass is 10.1. The Balaban J connectivity index is 1.52. The molecule has 2 aromatic rings. The zero-order chi connectivity index (χ0) is 20.3. The third-order valence-corrected chi connectivity index (χ3v) is 6.45. The highest BCUT2D eigenvalue weighted by atomic mass is 35.5. The zero-order valence-electron chi connectivity index (χ0n) is 16.5. The predicted molar refractivity (Wildman–Crippen MR) is 108 cm³/mol. The van der Waals surface area contributed by atoms with Gasteiger partial charge in [0.1, 0.15) is 11.9 Å². The first-order valence-electron chi connectivity index (χ1n) is 10.0. The van der Waals surface area contributed by atoms with Gasteiger partial charge in [-0.15, -0.1) is 0 Å². The van der Waals surface area contributed by atoms with Crippen LogP contribution in [0.25, 0.3) is 0 Å². The fourth-order valence-corrected chi connectivity index (χ4v) is 4.86. The topological polar surface area (TPSA) is 61.8 Å². The average molecular weight is 413 g/mol. The van der Waals surface area contributed by atoms with Crippen LogP contribution in [0.1, 0.15) is 49.0 Å². The number of amidine groups is 1. The Kier molecular flexibility index (Phi) is 4.24. The van der Waals surface area contributed by atoms with Crippen LogP contribution in [0, 0.1) is 6.92 Å². The molecule has 7 nitrogen and oxygen atoms in total.